The first-order valence-electron chi connectivity index (χ1n) is 6.53. The van der Waals surface area contributed by atoms with E-state index in [9.17, 15) is 19.5 Å². The van der Waals surface area contributed by atoms with E-state index in [1.54, 1.807) is 27.7 Å². The minimum absolute atomic E-state index is 0.245. The maximum Gasteiger partial charge on any atom is 0.330 e. The molecule has 1 fully saturated rings. The first-order valence-corrected chi connectivity index (χ1v) is 7.68. The second-order valence-electron chi connectivity index (χ2n) is 6.12. The smallest absolute Gasteiger partial charge is 0.330 e. The Hall–Kier alpha value is -1.24. The van der Waals surface area contributed by atoms with Crippen LogP contribution in [0.2, 0.25) is 0 Å². The predicted octanol–water partition coefficient (Wildman–Crippen LogP) is 0.614. The molecule has 3 N–H and O–H groups in total. The Balaban J connectivity index is 2.66. The summed E-state index contributed by atoms with van der Waals surface area (Å²) in [7, 11) is 0. The zero-order valence-corrected chi connectivity index (χ0v) is 13.1. The van der Waals surface area contributed by atoms with Gasteiger partial charge in [0.1, 0.15) is 11.6 Å². The highest BCUT2D eigenvalue weighted by molar-refractivity contribution is 7.99. The Labute approximate surface area is 123 Å². The number of nitrogens with one attached hydrogen (secondary N) is 2. The number of thioether (sulfide) groups is 1. The summed E-state index contributed by atoms with van der Waals surface area (Å²) in [4.78, 5) is 35.2. The molecule has 1 aliphatic rings. The van der Waals surface area contributed by atoms with Crippen molar-refractivity contribution in [2.24, 2.45) is 5.41 Å². The van der Waals surface area contributed by atoms with Crippen molar-refractivity contribution in [3.8, 4) is 0 Å². The fraction of sp³-hybridized carbons (Fsp3) is 0.769. The monoisotopic (exact) mass is 302 g/mol. The Morgan fingerprint density at radius 1 is 1.30 bits per heavy atom. The lowest BCUT2D eigenvalue weighted by atomic mass is 9.95. The van der Waals surface area contributed by atoms with Crippen molar-refractivity contribution < 1.29 is 19.5 Å². The van der Waals surface area contributed by atoms with Gasteiger partial charge in [-0.2, -0.15) is 11.8 Å². The third kappa shape index (κ3) is 3.88. The van der Waals surface area contributed by atoms with Crippen LogP contribution in [-0.4, -0.2) is 46.0 Å². The van der Waals surface area contributed by atoms with Crippen molar-refractivity contribution in [2.75, 3.05) is 11.5 Å². The van der Waals surface area contributed by atoms with E-state index in [-0.39, 0.29) is 5.91 Å². The molecule has 20 heavy (non-hydrogen) atoms. The normalized spacial score (nSPS) is 24.0. The molecule has 0 bridgehead atoms. The summed E-state index contributed by atoms with van der Waals surface area (Å²) in [5.74, 6) is -0.674. The Kier molecular flexibility index (Phi) is 5.07. The number of amides is 2. The molecule has 0 spiro atoms. The van der Waals surface area contributed by atoms with Crippen LogP contribution in [-0.2, 0) is 14.4 Å². The molecule has 0 aliphatic carbocycles. The molecule has 2 atom stereocenters. The number of aliphatic carboxylic acids is 1. The minimum Gasteiger partial charge on any atom is -0.479 e. The molecule has 0 aromatic rings. The number of carboxylic acid groups (broad SMARTS) is 1. The third-order valence-corrected chi connectivity index (χ3v) is 4.41. The van der Waals surface area contributed by atoms with Crippen LogP contribution in [0.25, 0.3) is 0 Å². The molecule has 2 unspecified atom stereocenters. The highest BCUT2D eigenvalue weighted by Gasteiger charge is 2.44. The summed E-state index contributed by atoms with van der Waals surface area (Å²) >= 11 is 1.50. The number of carboxylic acids is 1. The Morgan fingerprint density at radius 3 is 2.30 bits per heavy atom. The topological polar surface area (TPSA) is 95.5 Å². The van der Waals surface area contributed by atoms with E-state index in [2.05, 4.69) is 10.6 Å². The molecule has 0 radical (unpaired) electrons. The van der Waals surface area contributed by atoms with Gasteiger partial charge in [-0.3, -0.25) is 9.59 Å². The number of carbonyl (C=O) groups excluding carboxylic acids is 2. The molecule has 0 aromatic carbocycles. The summed E-state index contributed by atoms with van der Waals surface area (Å²) in [5, 5.41) is 14.5. The highest BCUT2D eigenvalue weighted by atomic mass is 32.2. The lowest BCUT2D eigenvalue weighted by molar-refractivity contribution is -0.146. The lowest BCUT2D eigenvalue weighted by Gasteiger charge is -2.27. The number of rotatable bonds is 4. The van der Waals surface area contributed by atoms with Crippen LogP contribution in [0.4, 0.5) is 0 Å². The number of hydrogen-bond donors (Lipinski definition) is 3. The molecule has 0 aromatic heterocycles. The van der Waals surface area contributed by atoms with Gasteiger partial charge in [-0.1, -0.05) is 20.8 Å². The van der Waals surface area contributed by atoms with Crippen LogP contribution in [0.15, 0.2) is 0 Å². The van der Waals surface area contributed by atoms with Crippen molar-refractivity contribution in [1.82, 2.24) is 10.6 Å². The van der Waals surface area contributed by atoms with Crippen molar-refractivity contribution >= 4 is 29.5 Å². The minimum atomic E-state index is -1.21. The Bertz CT molecular complexity index is 411. The maximum atomic E-state index is 12.1. The second kappa shape index (κ2) is 6.03. The molecule has 7 heteroatoms. The summed E-state index contributed by atoms with van der Waals surface area (Å²) in [6.45, 7) is 6.80. The van der Waals surface area contributed by atoms with Crippen LogP contribution in [0.1, 0.15) is 34.1 Å². The van der Waals surface area contributed by atoms with Gasteiger partial charge in [-0.15, -0.1) is 0 Å². The van der Waals surface area contributed by atoms with Crippen molar-refractivity contribution in [3.63, 3.8) is 0 Å². The number of hydrogen-bond acceptors (Lipinski definition) is 4. The van der Waals surface area contributed by atoms with Crippen LogP contribution >= 0.6 is 11.8 Å². The average Bonchev–Trinajstić information content (AvgIpc) is 2.77. The summed E-state index contributed by atoms with van der Waals surface area (Å²) in [6, 6.07) is -0.761. The predicted molar refractivity (Wildman–Crippen MR) is 77.5 cm³/mol. The largest absolute Gasteiger partial charge is 0.479 e. The summed E-state index contributed by atoms with van der Waals surface area (Å²) in [5.41, 5.74) is -1.80. The fourth-order valence-electron chi connectivity index (χ4n) is 1.71. The quantitative estimate of drug-likeness (QED) is 0.707. The molecule has 0 saturated carbocycles. The van der Waals surface area contributed by atoms with E-state index in [1.807, 2.05) is 0 Å². The van der Waals surface area contributed by atoms with Gasteiger partial charge in [0.05, 0.1) is 0 Å². The molecule has 1 saturated heterocycles. The summed E-state index contributed by atoms with van der Waals surface area (Å²) in [6.07, 6.45) is 0.401. The van der Waals surface area contributed by atoms with Crippen molar-refractivity contribution in [2.45, 2.75) is 45.7 Å². The van der Waals surface area contributed by atoms with E-state index in [0.29, 0.717) is 17.9 Å². The maximum absolute atomic E-state index is 12.1. The van der Waals surface area contributed by atoms with E-state index in [0.717, 1.165) is 0 Å². The first-order chi connectivity index (χ1) is 9.08. The zero-order valence-electron chi connectivity index (χ0n) is 12.3. The lowest BCUT2D eigenvalue weighted by Crippen LogP contribution is -2.59. The number of carbonyl (C=O) groups is 3. The zero-order chi connectivity index (χ0) is 15.6. The van der Waals surface area contributed by atoms with Gasteiger partial charge in [-0.05, 0) is 19.1 Å². The molecular formula is C13H22N2O4S. The van der Waals surface area contributed by atoms with E-state index in [4.69, 9.17) is 0 Å². The van der Waals surface area contributed by atoms with Gasteiger partial charge in [0.2, 0.25) is 11.8 Å². The highest BCUT2D eigenvalue weighted by Crippen LogP contribution is 2.28. The van der Waals surface area contributed by atoms with E-state index >= 15 is 0 Å². The third-order valence-electron chi connectivity index (χ3n) is 3.22. The van der Waals surface area contributed by atoms with E-state index in [1.165, 1.54) is 11.8 Å². The molecule has 1 aliphatic heterocycles. The first kappa shape index (κ1) is 16.8. The van der Waals surface area contributed by atoms with Gasteiger partial charge in [0.15, 0.2) is 0 Å². The van der Waals surface area contributed by atoms with E-state index < -0.39 is 28.9 Å². The summed E-state index contributed by atoms with van der Waals surface area (Å²) < 4.78 is 0. The van der Waals surface area contributed by atoms with Gasteiger partial charge in [-0.25, -0.2) is 4.79 Å². The molecule has 6 nitrogen and oxygen atoms in total. The van der Waals surface area contributed by atoms with Crippen LogP contribution in [0, 0.1) is 5.41 Å². The van der Waals surface area contributed by atoms with Crippen molar-refractivity contribution in [3.05, 3.63) is 0 Å². The molecule has 1 rings (SSSR count). The second-order valence-corrected chi connectivity index (χ2v) is 7.23. The standard InChI is InChI=1S/C13H22N2O4S/c1-8(14-10(17)12(2,3)4)9(16)15-13(11(18)19)5-6-20-7-13/h8H,5-7H2,1-4H3,(H,14,17)(H,15,16)(H,18,19). The van der Waals surface area contributed by atoms with Gasteiger partial charge in [0.25, 0.3) is 0 Å². The van der Waals surface area contributed by atoms with Gasteiger partial charge < -0.3 is 15.7 Å². The fourth-order valence-corrected chi connectivity index (χ4v) is 3.03. The molecule has 2 amide bonds. The Morgan fingerprint density at radius 2 is 1.90 bits per heavy atom. The van der Waals surface area contributed by atoms with Crippen LogP contribution < -0.4 is 10.6 Å². The van der Waals surface area contributed by atoms with Crippen LogP contribution in [0.3, 0.4) is 0 Å². The average molecular weight is 302 g/mol. The van der Waals surface area contributed by atoms with Gasteiger partial charge in [0, 0.05) is 11.2 Å². The molecule has 1 heterocycles. The molecular weight excluding hydrogens is 280 g/mol. The van der Waals surface area contributed by atoms with Gasteiger partial charge >= 0.3 is 5.97 Å². The SMILES string of the molecule is CC(NC(=O)C(C)(C)C)C(=O)NC1(C(=O)O)CCSC1. The van der Waals surface area contributed by atoms with Crippen LogP contribution in [0.5, 0.6) is 0 Å². The van der Waals surface area contributed by atoms with Crippen molar-refractivity contribution in [1.29, 1.82) is 0 Å². The molecule has 114 valence electrons.